The van der Waals surface area contributed by atoms with Gasteiger partial charge in [0.05, 0.1) is 58.1 Å². The molecular formula is C43H53N3O19S. The molecule has 2 aromatic rings. The number of terminal acetylenes is 1. The van der Waals surface area contributed by atoms with Gasteiger partial charge < -0.3 is 53.3 Å². The lowest BCUT2D eigenvalue weighted by Crippen LogP contribution is -2.71. The molecule has 1 fully saturated rings. The Kier molecular flexibility index (Phi) is 21.1. The van der Waals surface area contributed by atoms with Crippen LogP contribution in [0.3, 0.4) is 0 Å². The average molecular weight is 948 g/mol. The number of sulfonamides is 1. The highest BCUT2D eigenvalue weighted by atomic mass is 32.2. The zero-order chi connectivity index (χ0) is 49.0. The SMILES string of the molecule is C#CCOCCOCCO[C@]1(C(=O)NS(C)(=O)=O)C[C@H](OC(C)=O)[C@@H](NC(=O)COC(C)=O)[C@H]([C@H](OC(C)=O)[C@@H](CNC(=O)Cc2ccc(-c3ccc(OC(C)=O)cc3)cc2)OC(C)=O)O1. The summed E-state index contributed by atoms with van der Waals surface area (Å²) in [5.41, 5.74) is 2.12. The van der Waals surface area contributed by atoms with Crippen molar-refractivity contribution in [1.82, 2.24) is 15.4 Å². The summed E-state index contributed by atoms with van der Waals surface area (Å²) in [5.74, 6) is -7.49. The van der Waals surface area contributed by atoms with E-state index in [0.29, 0.717) is 17.6 Å². The van der Waals surface area contributed by atoms with Crippen molar-refractivity contribution in [1.29, 1.82) is 0 Å². The number of hydrogen-bond donors (Lipinski definition) is 3. The van der Waals surface area contributed by atoms with Gasteiger partial charge in [0.2, 0.25) is 15.9 Å². The molecule has 1 aliphatic heterocycles. The van der Waals surface area contributed by atoms with Crippen molar-refractivity contribution < 1.29 is 89.4 Å². The maximum atomic E-state index is 14.0. The zero-order valence-electron chi connectivity index (χ0n) is 37.1. The molecule has 0 bridgehead atoms. The summed E-state index contributed by atoms with van der Waals surface area (Å²) in [7, 11) is -4.37. The number of rotatable bonds is 24. The van der Waals surface area contributed by atoms with Crippen LogP contribution in [0.25, 0.3) is 11.1 Å². The minimum absolute atomic E-state index is 0.00773. The summed E-state index contributed by atoms with van der Waals surface area (Å²) >= 11 is 0. The predicted octanol–water partition coefficient (Wildman–Crippen LogP) is 0.0246. The van der Waals surface area contributed by atoms with E-state index in [-0.39, 0.29) is 32.8 Å². The Morgan fingerprint density at radius 3 is 1.95 bits per heavy atom. The van der Waals surface area contributed by atoms with Crippen molar-refractivity contribution in [3.8, 4) is 29.2 Å². The molecule has 6 atom stereocenters. The second kappa shape index (κ2) is 25.9. The first-order chi connectivity index (χ1) is 31.1. The summed E-state index contributed by atoms with van der Waals surface area (Å²) in [5, 5.41) is 5.08. The lowest BCUT2D eigenvalue weighted by atomic mass is 9.87. The number of benzene rings is 2. The summed E-state index contributed by atoms with van der Waals surface area (Å²) in [6.07, 6.45) is -2.49. The summed E-state index contributed by atoms with van der Waals surface area (Å²) in [6.45, 7) is 3.10. The number of amides is 3. The van der Waals surface area contributed by atoms with Gasteiger partial charge in [0, 0.05) is 34.6 Å². The minimum Gasteiger partial charge on any atom is -0.460 e. The highest BCUT2D eigenvalue weighted by molar-refractivity contribution is 7.89. The van der Waals surface area contributed by atoms with Gasteiger partial charge in [-0.25, -0.2) is 13.1 Å². The van der Waals surface area contributed by atoms with Crippen LogP contribution in [-0.4, -0.2) is 145 Å². The molecule has 3 rings (SSSR count). The zero-order valence-corrected chi connectivity index (χ0v) is 37.9. The first kappa shape index (κ1) is 53.9. The first-order valence-electron chi connectivity index (χ1n) is 20.1. The fourth-order valence-corrected chi connectivity index (χ4v) is 6.92. The molecule has 0 aromatic heterocycles. The van der Waals surface area contributed by atoms with Crippen LogP contribution in [-0.2, 0) is 92.7 Å². The Bertz CT molecular complexity index is 2190. The normalized spacial score (nSPS) is 18.8. The van der Waals surface area contributed by atoms with Gasteiger partial charge in [0.1, 0.15) is 24.6 Å². The fourth-order valence-electron chi connectivity index (χ4n) is 6.42. The molecule has 0 aliphatic carbocycles. The molecule has 0 unspecified atom stereocenters. The maximum absolute atomic E-state index is 14.0. The van der Waals surface area contributed by atoms with E-state index in [1.165, 1.54) is 6.92 Å². The van der Waals surface area contributed by atoms with Gasteiger partial charge in [-0.15, -0.1) is 6.42 Å². The highest BCUT2D eigenvalue weighted by Gasteiger charge is 2.59. The molecule has 3 amide bonds. The molecule has 1 aliphatic rings. The molecule has 0 saturated carbocycles. The number of carbonyl (C=O) groups is 8. The summed E-state index contributed by atoms with van der Waals surface area (Å²) in [4.78, 5) is 102. The van der Waals surface area contributed by atoms with Gasteiger partial charge in [-0.1, -0.05) is 42.3 Å². The van der Waals surface area contributed by atoms with Gasteiger partial charge in [-0.3, -0.25) is 38.4 Å². The van der Waals surface area contributed by atoms with Crippen LogP contribution in [0.15, 0.2) is 48.5 Å². The van der Waals surface area contributed by atoms with E-state index in [1.54, 1.807) is 53.3 Å². The van der Waals surface area contributed by atoms with E-state index in [0.717, 1.165) is 38.8 Å². The van der Waals surface area contributed by atoms with Crippen LogP contribution in [0, 0.1) is 12.3 Å². The molecule has 1 heterocycles. The van der Waals surface area contributed by atoms with Crippen molar-refractivity contribution in [2.45, 2.75) is 83.7 Å². The molecule has 1 saturated heterocycles. The summed E-state index contributed by atoms with van der Waals surface area (Å²) < 4.78 is 76.2. The molecule has 0 spiro atoms. The van der Waals surface area contributed by atoms with Crippen molar-refractivity contribution in [2.75, 3.05) is 52.4 Å². The van der Waals surface area contributed by atoms with E-state index in [9.17, 15) is 46.8 Å². The molecule has 22 nitrogen and oxygen atoms in total. The number of ether oxygens (including phenoxy) is 9. The third-order valence-electron chi connectivity index (χ3n) is 8.92. The number of esters is 5. The highest BCUT2D eigenvalue weighted by Crippen LogP contribution is 2.37. The molecule has 23 heteroatoms. The van der Waals surface area contributed by atoms with Gasteiger partial charge in [0.25, 0.3) is 17.6 Å². The maximum Gasteiger partial charge on any atom is 0.308 e. The van der Waals surface area contributed by atoms with Crippen LogP contribution in [0.1, 0.15) is 46.6 Å². The fraction of sp³-hybridized carbons (Fsp3) is 0.488. The lowest BCUT2D eigenvalue weighted by molar-refractivity contribution is -0.306. The van der Waals surface area contributed by atoms with Crippen molar-refractivity contribution in [2.24, 2.45) is 0 Å². The van der Waals surface area contributed by atoms with Gasteiger partial charge in [-0.05, 0) is 28.8 Å². The van der Waals surface area contributed by atoms with E-state index in [2.05, 4.69) is 16.6 Å². The first-order valence-corrected chi connectivity index (χ1v) is 22.0. The van der Waals surface area contributed by atoms with Gasteiger partial charge in [0.15, 0.2) is 18.8 Å². The van der Waals surface area contributed by atoms with Crippen LogP contribution in [0.5, 0.6) is 5.75 Å². The molecule has 360 valence electrons. The van der Waals surface area contributed by atoms with E-state index in [4.69, 9.17) is 49.1 Å². The predicted molar refractivity (Wildman–Crippen MR) is 227 cm³/mol. The molecule has 2 aromatic carbocycles. The van der Waals surface area contributed by atoms with Gasteiger partial charge in [-0.2, -0.15) is 0 Å². The van der Waals surface area contributed by atoms with Crippen LogP contribution in [0.4, 0.5) is 0 Å². The third-order valence-corrected chi connectivity index (χ3v) is 9.48. The summed E-state index contributed by atoms with van der Waals surface area (Å²) in [6, 6.07) is 12.0. The lowest BCUT2D eigenvalue weighted by Gasteiger charge is -2.49. The van der Waals surface area contributed by atoms with Crippen LogP contribution >= 0.6 is 0 Å². The standard InChI is InChI=1S/C43H53N3O19S/c1-8-17-57-18-19-58-20-21-60-43(42(54)46-66(7,55)56)23-35(62-28(4)49)39(45-38(53)25-59-26(2)47)41(65-43)40(64-30(6)51)36(63-29(5)50)24-44-37(52)22-31-9-11-32(12-10-31)33-13-15-34(16-14-33)61-27(3)48/h1,9-16,35-36,39-41H,17-25H2,2-7H3,(H,44,52)(H,45,53)(H,46,54)/t35-,36+,39+,40+,41+,43+/m0/s1. The molecule has 3 N–H and O–H groups in total. The Morgan fingerprint density at radius 2 is 1.39 bits per heavy atom. The Hall–Kier alpha value is -6.45. The quantitative estimate of drug-likeness (QED) is 0.0411. The van der Waals surface area contributed by atoms with E-state index >= 15 is 0 Å². The van der Waals surface area contributed by atoms with E-state index < -0.39 is 120 Å². The van der Waals surface area contributed by atoms with Crippen molar-refractivity contribution >= 4 is 57.6 Å². The van der Waals surface area contributed by atoms with E-state index in [1.807, 2.05) is 0 Å². The minimum atomic E-state index is -4.37. The van der Waals surface area contributed by atoms with Crippen molar-refractivity contribution in [3.05, 3.63) is 54.1 Å². The molecule has 66 heavy (non-hydrogen) atoms. The number of nitrogens with one attached hydrogen (secondary N) is 3. The topological polar surface area (TPSA) is 290 Å². The Morgan fingerprint density at radius 1 is 0.788 bits per heavy atom. The monoisotopic (exact) mass is 947 g/mol. The Balaban J connectivity index is 2.04. The second-order valence-electron chi connectivity index (χ2n) is 14.5. The second-order valence-corrected chi connectivity index (χ2v) is 16.2. The largest absolute Gasteiger partial charge is 0.460 e. The number of hydrogen-bond acceptors (Lipinski definition) is 19. The smallest absolute Gasteiger partial charge is 0.308 e. The average Bonchev–Trinajstić information content (AvgIpc) is 3.22. The van der Waals surface area contributed by atoms with Gasteiger partial charge >= 0.3 is 29.8 Å². The molecule has 0 radical (unpaired) electrons. The van der Waals surface area contributed by atoms with Crippen LogP contribution in [0.2, 0.25) is 0 Å². The third kappa shape index (κ3) is 18.6. The van der Waals surface area contributed by atoms with Crippen LogP contribution < -0.4 is 20.1 Å². The number of carbonyl (C=O) groups excluding carboxylic acids is 8. The molecular weight excluding hydrogens is 895 g/mol. The van der Waals surface area contributed by atoms with Crippen molar-refractivity contribution in [3.63, 3.8) is 0 Å². The Labute approximate surface area is 381 Å².